The molecule has 0 aliphatic heterocycles. The minimum Gasteiger partial charge on any atom is -0.497 e. The zero-order valence-electron chi connectivity index (χ0n) is 11.7. The molecule has 0 aliphatic rings. The number of ether oxygens (including phenoxy) is 3. The minimum absolute atomic E-state index is 0.574. The summed E-state index contributed by atoms with van der Waals surface area (Å²) in [4.78, 5) is 8.50. The Morgan fingerprint density at radius 3 is 2.15 bits per heavy atom. The van der Waals surface area contributed by atoms with Crippen molar-refractivity contribution in [2.24, 2.45) is 4.99 Å². The Kier molecular flexibility index (Phi) is 4.55. The molecular formula is C15H16N2O3. The zero-order chi connectivity index (χ0) is 14.4. The second-order valence-electron chi connectivity index (χ2n) is 3.96. The fourth-order valence-corrected chi connectivity index (χ4v) is 1.60. The number of hydrogen-bond acceptors (Lipinski definition) is 5. The summed E-state index contributed by atoms with van der Waals surface area (Å²) in [5.41, 5.74) is 1.63. The fourth-order valence-electron chi connectivity index (χ4n) is 1.60. The molecular weight excluding hydrogens is 256 g/mol. The van der Waals surface area contributed by atoms with Crippen LogP contribution in [0.3, 0.4) is 0 Å². The monoisotopic (exact) mass is 272 g/mol. The molecule has 0 N–H and O–H groups in total. The molecule has 5 nitrogen and oxygen atoms in total. The molecule has 0 aliphatic carbocycles. The van der Waals surface area contributed by atoms with Crippen LogP contribution in [0.2, 0.25) is 0 Å². The van der Waals surface area contributed by atoms with E-state index in [4.69, 9.17) is 14.2 Å². The molecule has 0 unspecified atom stereocenters. The van der Waals surface area contributed by atoms with E-state index in [9.17, 15) is 0 Å². The van der Waals surface area contributed by atoms with Gasteiger partial charge in [-0.2, -0.15) is 0 Å². The lowest BCUT2D eigenvalue weighted by Gasteiger charge is -2.05. The van der Waals surface area contributed by atoms with Gasteiger partial charge in [0, 0.05) is 42.2 Å². The Morgan fingerprint density at radius 1 is 0.950 bits per heavy atom. The Bertz CT molecular complexity index is 572. The Hall–Kier alpha value is -2.56. The van der Waals surface area contributed by atoms with E-state index in [1.807, 2.05) is 18.2 Å². The molecule has 0 atom stereocenters. The number of aromatic nitrogens is 1. The van der Waals surface area contributed by atoms with Gasteiger partial charge in [-0.3, -0.25) is 4.99 Å². The molecule has 0 bridgehead atoms. The fraction of sp³-hybridized carbons (Fsp3) is 0.200. The first-order valence-electron chi connectivity index (χ1n) is 6.02. The molecule has 0 saturated heterocycles. The lowest BCUT2D eigenvalue weighted by molar-refractivity contribution is 0.394. The number of rotatable bonds is 5. The van der Waals surface area contributed by atoms with Crippen LogP contribution in [0, 0.1) is 0 Å². The van der Waals surface area contributed by atoms with Crippen molar-refractivity contribution in [1.82, 2.24) is 4.98 Å². The summed E-state index contributed by atoms with van der Waals surface area (Å²) >= 11 is 0. The number of nitrogens with zero attached hydrogens (tertiary/aromatic N) is 2. The van der Waals surface area contributed by atoms with Crippen LogP contribution >= 0.6 is 0 Å². The Labute approximate surface area is 117 Å². The molecule has 2 aromatic rings. The average molecular weight is 272 g/mol. The van der Waals surface area contributed by atoms with Gasteiger partial charge in [0.05, 0.1) is 27.0 Å². The molecule has 0 amide bonds. The standard InChI is InChI=1S/C15H16N2O3/c1-18-13-6-12(7-14(8-13)19-2)16-9-11-4-5-15(20-3)17-10-11/h4-10H,1-3H3/b16-9+. The highest BCUT2D eigenvalue weighted by molar-refractivity contribution is 5.81. The largest absolute Gasteiger partial charge is 0.497 e. The lowest BCUT2D eigenvalue weighted by Crippen LogP contribution is -1.89. The maximum Gasteiger partial charge on any atom is 0.212 e. The van der Waals surface area contributed by atoms with Crippen molar-refractivity contribution >= 4 is 11.9 Å². The smallest absolute Gasteiger partial charge is 0.212 e. The molecule has 104 valence electrons. The highest BCUT2D eigenvalue weighted by Crippen LogP contribution is 2.27. The van der Waals surface area contributed by atoms with Crippen molar-refractivity contribution in [3.05, 3.63) is 42.1 Å². The van der Waals surface area contributed by atoms with E-state index in [0.29, 0.717) is 17.4 Å². The van der Waals surface area contributed by atoms with Crippen molar-refractivity contribution in [3.63, 3.8) is 0 Å². The first-order valence-corrected chi connectivity index (χ1v) is 6.02. The van der Waals surface area contributed by atoms with E-state index in [-0.39, 0.29) is 0 Å². The molecule has 2 rings (SSSR count). The van der Waals surface area contributed by atoms with Gasteiger partial charge >= 0.3 is 0 Å². The summed E-state index contributed by atoms with van der Waals surface area (Å²) in [6.07, 6.45) is 3.42. The lowest BCUT2D eigenvalue weighted by atomic mass is 10.2. The van der Waals surface area contributed by atoms with Gasteiger partial charge in [-0.25, -0.2) is 4.98 Å². The highest BCUT2D eigenvalue weighted by atomic mass is 16.5. The van der Waals surface area contributed by atoms with E-state index in [1.165, 1.54) is 0 Å². The van der Waals surface area contributed by atoms with Gasteiger partial charge in [-0.1, -0.05) is 0 Å². The number of methoxy groups -OCH3 is 3. The molecule has 1 heterocycles. The molecule has 5 heteroatoms. The zero-order valence-corrected chi connectivity index (χ0v) is 11.7. The summed E-state index contributed by atoms with van der Waals surface area (Å²) in [7, 11) is 4.80. The molecule has 20 heavy (non-hydrogen) atoms. The average Bonchev–Trinajstić information content (AvgIpc) is 2.53. The molecule has 1 aromatic heterocycles. The summed E-state index contributed by atoms with van der Waals surface area (Å²) in [6.45, 7) is 0. The summed E-state index contributed by atoms with van der Waals surface area (Å²) in [5, 5.41) is 0. The number of benzene rings is 1. The van der Waals surface area contributed by atoms with E-state index >= 15 is 0 Å². The molecule has 0 saturated carbocycles. The summed E-state index contributed by atoms with van der Waals surface area (Å²) < 4.78 is 15.4. The Balaban J connectivity index is 2.21. The van der Waals surface area contributed by atoms with Gasteiger partial charge < -0.3 is 14.2 Å². The second-order valence-corrected chi connectivity index (χ2v) is 3.96. The SMILES string of the molecule is COc1cc(/N=C/c2ccc(OC)nc2)cc(OC)c1. The van der Waals surface area contributed by atoms with E-state index in [0.717, 1.165) is 11.3 Å². The third-order valence-corrected chi connectivity index (χ3v) is 2.67. The first-order chi connectivity index (χ1) is 9.75. The van der Waals surface area contributed by atoms with Crippen molar-refractivity contribution in [2.45, 2.75) is 0 Å². The van der Waals surface area contributed by atoms with Gasteiger partial charge in [-0.15, -0.1) is 0 Å². The van der Waals surface area contributed by atoms with Gasteiger partial charge in [0.25, 0.3) is 0 Å². The van der Waals surface area contributed by atoms with Crippen LogP contribution in [-0.2, 0) is 0 Å². The number of hydrogen-bond donors (Lipinski definition) is 0. The predicted molar refractivity (Wildman–Crippen MR) is 77.6 cm³/mol. The molecule has 0 radical (unpaired) electrons. The third-order valence-electron chi connectivity index (χ3n) is 2.67. The first kappa shape index (κ1) is 13.9. The van der Waals surface area contributed by atoms with Crippen LogP contribution in [0.15, 0.2) is 41.5 Å². The van der Waals surface area contributed by atoms with Crippen LogP contribution in [0.25, 0.3) is 0 Å². The van der Waals surface area contributed by atoms with Gasteiger partial charge in [0.1, 0.15) is 11.5 Å². The Morgan fingerprint density at radius 2 is 1.65 bits per heavy atom. The maximum atomic E-state index is 5.20. The summed E-state index contributed by atoms with van der Waals surface area (Å²) in [5.74, 6) is 1.97. The normalized spacial score (nSPS) is 10.6. The second kappa shape index (κ2) is 6.56. The quantitative estimate of drug-likeness (QED) is 0.785. The van der Waals surface area contributed by atoms with Crippen LogP contribution < -0.4 is 14.2 Å². The molecule has 0 spiro atoms. The van der Waals surface area contributed by atoms with Crippen molar-refractivity contribution in [2.75, 3.05) is 21.3 Å². The maximum absolute atomic E-state index is 5.20. The van der Waals surface area contributed by atoms with Crippen molar-refractivity contribution < 1.29 is 14.2 Å². The van der Waals surface area contributed by atoms with E-state index in [2.05, 4.69) is 9.98 Å². The summed E-state index contributed by atoms with van der Waals surface area (Å²) in [6, 6.07) is 9.13. The predicted octanol–water partition coefficient (Wildman–Crippen LogP) is 2.86. The molecule has 0 fully saturated rings. The highest BCUT2D eigenvalue weighted by Gasteiger charge is 2.00. The van der Waals surface area contributed by atoms with E-state index in [1.54, 1.807) is 45.9 Å². The van der Waals surface area contributed by atoms with Gasteiger partial charge in [0.15, 0.2) is 0 Å². The third kappa shape index (κ3) is 3.47. The number of pyridine rings is 1. The van der Waals surface area contributed by atoms with Crippen LogP contribution in [0.4, 0.5) is 5.69 Å². The molecule has 1 aromatic carbocycles. The number of aliphatic imine (C=N–C) groups is 1. The van der Waals surface area contributed by atoms with Crippen molar-refractivity contribution in [1.29, 1.82) is 0 Å². The van der Waals surface area contributed by atoms with Crippen LogP contribution in [-0.4, -0.2) is 32.5 Å². The van der Waals surface area contributed by atoms with Crippen LogP contribution in [0.5, 0.6) is 17.4 Å². The van der Waals surface area contributed by atoms with Gasteiger partial charge in [0.2, 0.25) is 5.88 Å². The minimum atomic E-state index is 0.574. The van der Waals surface area contributed by atoms with Gasteiger partial charge in [-0.05, 0) is 6.07 Å². The van der Waals surface area contributed by atoms with E-state index < -0.39 is 0 Å². The van der Waals surface area contributed by atoms with Crippen LogP contribution in [0.1, 0.15) is 5.56 Å². The van der Waals surface area contributed by atoms with Crippen molar-refractivity contribution in [3.8, 4) is 17.4 Å². The topological polar surface area (TPSA) is 52.9 Å².